The van der Waals surface area contributed by atoms with Crippen molar-refractivity contribution in [3.05, 3.63) is 22.7 Å². The second-order valence-electron chi connectivity index (χ2n) is 13.7. The second-order valence-corrected chi connectivity index (χ2v) is 15.2. The van der Waals surface area contributed by atoms with E-state index in [1.807, 2.05) is 0 Å². The molecule has 1 aromatic heterocycles. The molecule has 48 heavy (non-hydrogen) atoms. The van der Waals surface area contributed by atoms with Crippen molar-refractivity contribution in [2.45, 2.75) is 179 Å². The molecule has 2 aliphatic heterocycles. The number of piperidine rings is 1. The van der Waals surface area contributed by atoms with Gasteiger partial charge in [0.25, 0.3) is 0 Å². The topological polar surface area (TPSA) is 156 Å². The minimum Gasteiger partial charge on any atom is -0.387 e. The van der Waals surface area contributed by atoms with E-state index in [0.717, 1.165) is 36.7 Å². The highest BCUT2D eigenvalue weighted by Gasteiger charge is 2.45. The highest BCUT2D eigenvalue weighted by atomic mass is 31.2. The molecule has 2 fully saturated rings. The molecule has 2 aliphatic rings. The summed E-state index contributed by atoms with van der Waals surface area (Å²) >= 11 is 0. The SMILES string of the molecule is CCCCCCCCCCCCCCCCCCOP(=O)(O)OC[C@H]1O[C@@H](n2ccc(/N=C/N3C(C)CCCC3C)nc2=O)C(O)[C@H]1O. The molecule has 1 aromatic rings. The summed E-state index contributed by atoms with van der Waals surface area (Å²) in [4.78, 5) is 33.4. The van der Waals surface area contributed by atoms with Crippen LogP contribution in [0.4, 0.5) is 5.82 Å². The number of aliphatic hydroxyl groups is 2. The number of aromatic nitrogens is 2. The highest BCUT2D eigenvalue weighted by molar-refractivity contribution is 7.47. The normalized spacial score (nSPS) is 26.0. The fourth-order valence-corrected chi connectivity index (χ4v) is 7.37. The van der Waals surface area contributed by atoms with E-state index in [9.17, 15) is 24.5 Å². The third-order valence-corrected chi connectivity index (χ3v) is 10.7. The lowest BCUT2D eigenvalue weighted by Crippen LogP contribution is -2.42. The molecule has 12 nitrogen and oxygen atoms in total. The van der Waals surface area contributed by atoms with Crippen molar-refractivity contribution in [3.63, 3.8) is 0 Å². The predicted molar refractivity (Wildman–Crippen MR) is 188 cm³/mol. The number of aliphatic hydroxyl groups excluding tert-OH is 2. The number of ether oxygens (including phenoxy) is 1. The fourth-order valence-electron chi connectivity index (χ4n) is 6.60. The minimum atomic E-state index is -4.39. The minimum absolute atomic E-state index is 0.0804. The number of hydrogen-bond acceptors (Lipinski definition) is 9. The molecule has 4 unspecified atom stereocenters. The Labute approximate surface area is 287 Å². The first-order valence-electron chi connectivity index (χ1n) is 18.7. The molecule has 7 atom stereocenters. The van der Waals surface area contributed by atoms with Gasteiger partial charge in [-0.3, -0.25) is 13.6 Å². The molecule has 3 heterocycles. The first kappa shape index (κ1) is 40.8. The number of rotatable bonds is 24. The molecule has 0 radical (unpaired) electrons. The van der Waals surface area contributed by atoms with Crippen LogP contribution in [0, 0.1) is 0 Å². The number of likely N-dealkylation sites (tertiary alicyclic amines) is 1. The molecule has 0 bridgehead atoms. The van der Waals surface area contributed by atoms with Crippen molar-refractivity contribution >= 4 is 20.0 Å². The Morgan fingerprint density at radius 2 is 1.44 bits per heavy atom. The molecule has 0 amide bonds. The zero-order chi connectivity index (χ0) is 34.8. The molecule has 0 aliphatic carbocycles. The summed E-state index contributed by atoms with van der Waals surface area (Å²) in [6.45, 7) is 6.11. The zero-order valence-corrected chi connectivity index (χ0v) is 30.6. The van der Waals surface area contributed by atoms with Gasteiger partial charge in [-0.2, -0.15) is 4.98 Å². The molecule has 13 heteroatoms. The summed E-state index contributed by atoms with van der Waals surface area (Å²) in [5, 5.41) is 21.1. The Morgan fingerprint density at radius 1 is 0.896 bits per heavy atom. The summed E-state index contributed by atoms with van der Waals surface area (Å²) in [6, 6.07) is 2.22. The van der Waals surface area contributed by atoms with Crippen molar-refractivity contribution < 1.29 is 33.5 Å². The van der Waals surface area contributed by atoms with E-state index >= 15 is 0 Å². The molecular formula is C35H63N4O8P. The van der Waals surface area contributed by atoms with Crippen molar-refractivity contribution in [3.8, 4) is 0 Å². The van der Waals surface area contributed by atoms with Gasteiger partial charge in [-0.1, -0.05) is 103 Å². The van der Waals surface area contributed by atoms with E-state index in [2.05, 4.69) is 35.6 Å². The Bertz CT molecular complexity index is 1160. The molecule has 276 valence electrons. The Kier molecular flexibility index (Phi) is 18.9. The van der Waals surface area contributed by atoms with E-state index in [0.29, 0.717) is 18.5 Å². The van der Waals surface area contributed by atoms with Gasteiger partial charge in [0.05, 0.1) is 19.6 Å². The Balaban J connectivity index is 1.28. The van der Waals surface area contributed by atoms with Gasteiger partial charge in [0.15, 0.2) is 12.0 Å². The number of phosphoric ester groups is 1. The van der Waals surface area contributed by atoms with Crippen LogP contribution in [0.25, 0.3) is 0 Å². The van der Waals surface area contributed by atoms with Gasteiger partial charge in [0.1, 0.15) is 18.3 Å². The molecule has 0 spiro atoms. The Hall–Kier alpha value is -1.66. The van der Waals surface area contributed by atoms with Crippen LogP contribution in [0.1, 0.15) is 149 Å². The number of hydrogen-bond donors (Lipinski definition) is 3. The van der Waals surface area contributed by atoms with Crippen LogP contribution >= 0.6 is 7.82 Å². The first-order chi connectivity index (χ1) is 23.1. The molecule has 0 aromatic carbocycles. The predicted octanol–water partition coefficient (Wildman–Crippen LogP) is 7.18. The maximum absolute atomic E-state index is 12.8. The second kappa shape index (κ2) is 22.2. The zero-order valence-electron chi connectivity index (χ0n) is 29.7. The number of aliphatic imine (C=N–C) groups is 1. The fraction of sp³-hybridized carbons (Fsp3) is 0.857. The van der Waals surface area contributed by atoms with E-state index < -0.39 is 44.7 Å². The van der Waals surface area contributed by atoms with Crippen LogP contribution < -0.4 is 5.69 Å². The van der Waals surface area contributed by atoms with E-state index in [1.54, 1.807) is 6.34 Å². The summed E-state index contributed by atoms with van der Waals surface area (Å²) in [6.07, 6.45) is 20.9. The third kappa shape index (κ3) is 14.3. The summed E-state index contributed by atoms with van der Waals surface area (Å²) in [7, 11) is -4.39. The highest BCUT2D eigenvalue weighted by Crippen LogP contribution is 2.44. The lowest BCUT2D eigenvalue weighted by molar-refractivity contribution is -0.0551. The molecule has 3 rings (SSSR count). The van der Waals surface area contributed by atoms with Gasteiger partial charge < -0.3 is 24.7 Å². The largest absolute Gasteiger partial charge is 0.472 e. The smallest absolute Gasteiger partial charge is 0.387 e. The van der Waals surface area contributed by atoms with Gasteiger partial charge in [-0.05, 0) is 45.6 Å². The maximum Gasteiger partial charge on any atom is 0.472 e. The van der Waals surface area contributed by atoms with Crippen LogP contribution in [0.5, 0.6) is 0 Å². The van der Waals surface area contributed by atoms with Crippen LogP contribution in [0.2, 0.25) is 0 Å². The van der Waals surface area contributed by atoms with Crippen molar-refractivity contribution in [1.29, 1.82) is 0 Å². The monoisotopic (exact) mass is 698 g/mol. The van der Waals surface area contributed by atoms with E-state index in [-0.39, 0.29) is 12.4 Å². The average Bonchev–Trinajstić information content (AvgIpc) is 3.33. The standard InChI is InChI=1S/C35H63N4O8P/c1-4-5-6-7-8-9-10-11-12-13-14-15-16-17-18-19-25-45-48(43,44)46-26-30-32(40)33(41)34(47-30)38-24-23-31(37-35(38)42)36-27-39-28(2)21-20-22-29(39)3/h23-24,27-30,32-34,40-41H,4-22,25-26H2,1-3H3,(H,43,44)/b36-27+/t28?,29?,30-,32+,33?,34-/m1/s1. The van der Waals surface area contributed by atoms with Crippen LogP contribution in [0.3, 0.4) is 0 Å². The van der Waals surface area contributed by atoms with E-state index in [1.165, 1.54) is 95.7 Å². The lowest BCUT2D eigenvalue weighted by Gasteiger charge is -2.37. The number of phosphoric acid groups is 1. The van der Waals surface area contributed by atoms with Gasteiger partial charge >= 0.3 is 13.5 Å². The van der Waals surface area contributed by atoms with Crippen molar-refractivity contribution in [2.75, 3.05) is 13.2 Å². The lowest BCUT2D eigenvalue weighted by atomic mass is 9.98. The summed E-state index contributed by atoms with van der Waals surface area (Å²) in [5.74, 6) is 0.219. The first-order valence-corrected chi connectivity index (χ1v) is 20.2. The molecule has 0 saturated carbocycles. The van der Waals surface area contributed by atoms with Crippen molar-refractivity contribution in [2.24, 2.45) is 4.99 Å². The third-order valence-electron chi connectivity index (χ3n) is 9.67. The van der Waals surface area contributed by atoms with E-state index in [4.69, 9.17) is 13.8 Å². The van der Waals surface area contributed by atoms with Gasteiger partial charge in [-0.25, -0.2) is 14.4 Å². The van der Waals surface area contributed by atoms with Gasteiger partial charge in [0, 0.05) is 18.3 Å². The Morgan fingerprint density at radius 3 is 1.98 bits per heavy atom. The van der Waals surface area contributed by atoms with Crippen LogP contribution in [0.15, 0.2) is 22.1 Å². The number of nitrogens with zero attached hydrogens (tertiary/aromatic N) is 4. The van der Waals surface area contributed by atoms with Crippen LogP contribution in [-0.2, 0) is 18.3 Å². The van der Waals surface area contributed by atoms with Gasteiger partial charge in [-0.15, -0.1) is 0 Å². The summed E-state index contributed by atoms with van der Waals surface area (Å²) in [5.41, 5.74) is -0.711. The molecular weight excluding hydrogens is 635 g/mol. The molecule has 3 N–H and O–H groups in total. The van der Waals surface area contributed by atoms with Crippen LogP contribution in [-0.4, -0.2) is 79.5 Å². The van der Waals surface area contributed by atoms with Crippen molar-refractivity contribution in [1.82, 2.24) is 14.5 Å². The number of unbranched alkanes of at least 4 members (excludes halogenated alkanes) is 15. The quantitative estimate of drug-likeness (QED) is 0.0437. The summed E-state index contributed by atoms with van der Waals surface area (Å²) < 4.78 is 29.3. The maximum atomic E-state index is 12.8. The van der Waals surface area contributed by atoms with Gasteiger partial charge in [0.2, 0.25) is 0 Å². The average molecular weight is 699 g/mol. The molecule has 2 saturated heterocycles.